The second-order valence-electron chi connectivity index (χ2n) is 10.5. The van der Waals surface area contributed by atoms with E-state index in [0.717, 1.165) is 36.9 Å². The Morgan fingerprint density at radius 3 is 2.40 bits per heavy atom. The SMILES string of the molecule is CCc1ccc(-c2cc(C(=O)N3CC(C)CC(C)C3)c3c(C)nn(C4CCS(=O)(=O)C4)c3n2)cc1. The fourth-order valence-electron chi connectivity index (χ4n) is 5.76. The molecule has 35 heavy (non-hydrogen) atoms. The van der Waals surface area contributed by atoms with Crippen molar-refractivity contribution < 1.29 is 13.2 Å². The first-order chi connectivity index (χ1) is 16.6. The summed E-state index contributed by atoms with van der Waals surface area (Å²) in [5.74, 6) is 1.13. The highest BCUT2D eigenvalue weighted by Crippen LogP contribution is 2.33. The van der Waals surface area contributed by atoms with Gasteiger partial charge >= 0.3 is 0 Å². The van der Waals surface area contributed by atoms with Gasteiger partial charge in [0.2, 0.25) is 0 Å². The summed E-state index contributed by atoms with van der Waals surface area (Å²) >= 11 is 0. The molecule has 3 unspecified atom stereocenters. The highest BCUT2D eigenvalue weighted by molar-refractivity contribution is 7.91. The van der Waals surface area contributed by atoms with Crippen LogP contribution in [0.2, 0.25) is 0 Å². The summed E-state index contributed by atoms with van der Waals surface area (Å²) in [6.07, 6.45) is 2.59. The molecule has 2 aliphatic rings. The Morgan fingerprint density at radius 2 is 1.80 bits per heavy atom. The molecule has 0 radical (unpaired) electrons. The topological polar surface area (TPSA) is 85.2 Å². The molecule has 3 aromatic rings. The van der Waals surface area contributed by atoms with Crippen LogP contribution in [-0.4, -0.2) is 58.6 Å². The number of carbonyl (C=O) groups excluding carboxylic acids is 1. The molecule has 2 fully saturated rings. The van der Waals surface area contributed by atoms with Gasteiger partial charge in [0.15, 0.2) is 15.5 Å². The van der Waals surface area contributed by atoms with Gasteiger partial charge in [0.05, 0.1) is 39.9 Å². The summed E-state index contributed by atoms with van der Waals surface area (Å²) in [5.41, 5.74) is 4.80. The monoisotopic (exact) mass is 494 g/mol. The van der Waals surface area contributed by atoms with Crippen molar-refractivity contribution in [3.63, 3.8) is 0 Å². The fourth-order valence-corrected chi connectivity index (χ4v) is 7.45. The maximum Gasteiger partial charge on any atom is 0.254 e. The van der Waals surface area contributed by atoms with E-state index in [-0.39, 0.29) is 23.5 Å². The molecule has 7 nitrogen and oxygen atoms in total. The number of pyridine rings is 1. The molecule has 5 rings (SSSR count). The molecule has 2 saturated heterocycles. The van der Waals surface area contributed by atoms with Crippen LogP contribution >= 0.6 is 0 Å². The Bertz CT molecular complexity index is 1370. The largest absolute Gasteiger partial charge is 0.338 e. The molecular weight excluding hydrogens is 460 g/mol. The first-order valence-corrected chi connectivity index (χ1v) is 14.5. The summed E-state index contributed by atoms with van der Waals surface area (Å²) in [4.78, 5) is 20.9. The van der Waals surface area contributed by atoms with Gasteiger partial charge in [0, 0.05) is 18.7 Å². The molecule has 1 amide bonds. The molecule has 2 aromatic heterocycles. The molecule has 0 bridgehead atoms. The van der Waals surface area contributed by atoms with E-state index in [4.69, 9.17) is 10.1 Å². The normalized spacial score (nSPS) is 24.2. The lowest BCUT2D eigenvalue weighted by Crippen LogP contribution is -2.42. The Labute approximate surface area is 207 Å². The summed E-state index contributed by atoms with van der Waals surface area (Å²) in [5, 5.41) is 5.47. The molecule has 0 N–H and O–H groups in total. The number of nitrogens with zero attached hydrogens (tertiary/aromatic N) is 4. The number of benzene rings is 1. The van der Waals surface area contributed by atoms with Gasteiger partial charge in [-0.3, -0.25) is 4.79 Å². The van der Waals surface area contributed by atoms with Crippen molar-refractivity contribution in [2.75, 3.05) is 24.6 Å². The number of sulfone groups is 1. The highest BCUT2D eigenvalue weighted by Gasteiger charge is 2.34. The molecule has 2 aliphatic heterocycles. The smallest absolute Gasteiger partial charge is 0.254 e. The van der Waals surface area contributed by atoms with Crippen LogP contribution in [0.1, 0.15) is 61.3 Å². The number of carbonyl (C=O) groups is 1. The van der Waals surface area contributed by atoms with Crippen LogP contribution < -0.4 is 0 Å². The second-order valence-corrected chi connectivity index (χ2v) is 12.8. The van der Waals surface area contributed by atoms with Crippen LogP contribution in [0, 0.1) is 18.8 Å². The third-order valence-corrected chi connectivity index (χ3v) is 9.19. The maximum absolute atomic E-state index is 13.9. The molecule has 1 aromatic carbocycles. The lowest BCUT2D eigenvalue weighted by Gasteiger charge is -2.35. The zero-order valence-corrected chi connectivity index (χ0v) is 21.8. The van der Waals surface area contributed by atoms with Gasteiger partial charge in [-0.1, -0.05) is 45.0 Å². The number of hydrogen-bond acceptors (Lipinski definition) is 5. The van der Waals surface area contributed by atoms with Crippen LogP contribution in [-0.2, 0) is 16.3 Å². The second kappa shape index (κ2) is 9.04. The Morgan fingerprint density at radius 1 is 1.11 bits per heavy atom. The lowest BCUT2D eigenvalue weighted by atomic mass is 9.91. The number of rotatable bonds is 4. The number of aryl methyl sites for hydroxylation is 2. The minimum atomic E-state index is -3.09. The fraction of sp³-hybridized carbons (Fsp3) is 0.519. The van der Waals surface area contributed by atoms with E-state index in [0.29, 0.717) is 40.9 Å². The third kappa shape index (κ3) is 4.60. The zero-order valence-electron chi connectivity index (χ0n) is 21.0. The maximum atomic E-state index is 13.9. The molecule has 0 spiro atoms. The molecule has 8 heteroatoms. The van der Waals surface area contributed by atoms with Gasteiger partial charge < -0.3 is 4.90 Å². The first kappa shape index (κ1) is 24.0. The minimum absolute atomic E-state index is 0.00363. The van der Waals surface area contributed by atoms with Crippen LogP contribution in [0.3, 0.4) is 0 Å². The van der Waals surface area contributed by atoms with E-state index in [1.807, 2.05) is 30.0 Å². The molecule has 0 aliphatic carbocycles. The Hall–Kier alpha value is -2.74. The van der Waals surface area contributed by atoms with Gasteiger partial charge in [0.25, 0.3) is 5.91 Å². The van der Waals surface area contributed by atoms with Gasteiger partial charge in [-0.15, -0.1) is 0 Å². The average molecular weight is 495 g/mol. The van der Waals surface area contributed by atoms with Gasteiger partial charge in [0.1, 0.15) is 0 Å². The van der Waals surface area contributed by atoms with Crippen LogP contribution in [0.25, 0.3) is 22.3 Å². The third-order valence-electron chi connectivity index (χ3n) is 7.44. The highest BCUT2D eigenvalue weighted by atomic mass is 32.2. The van der Waals surface area contributed by atoms with Crippen LogP contribution in [0.4, 0.5) is 0 Å². The van der Waals surface area contributed by atoms with E-state index in [1.165, 1.54) is 5.56 Å². The minimum Gasteiger partial charge on any atom is -0.338 e. The number of aromatic nitrogens is 3. The predicted molar refractivity (Wildman–Crippen MR) is 138 cm³/mol. The number of likely N-dealkylation sites (tertiary alicyclic amines) is 1. The van der Waals surface area contributed by atoms with E-state index in [2.05, 4.69) is 32.9 Å². The van der Waals surface area contributed by atoms with Crippen molar-refractivity contribution in [2.45, 2.75) is 53.0 Å². The van der Waals surface area contributed by atoms with Crippen LogP contribution in [0.5, 0.6) is 0 Å². The molecule has 0 saturated carbocycles. The lowest BCUT2D eigenvalue weighted by molar-refractivity contribution is 0.0625. The number of amides is 1. The number of piperidine rings is 1. The van der Waals surface area contributed by atoms with Gasteiger partial charge in [-0.25, -0.2) is 18.1 Å². The van der Waals surface area contributed by atoms with Crippen molar-refractivity contribution in [2.24, 2.45) is 11.8 Å². The van der Waals surface area contributed by atoms with Crippen molar-refractivity contribution in [3.05, 3.63) is 47.2 Å². The molecule has 186 valence electrons. The van der Waals surface area contributed by atoms with Gasteiger partial charge in [-0.2, -0.15) is 5.10 Å². The zero-order chi connectivity index (χ0) is 24.9. The van der Waals surface area contributed by atoms with Crippen molar-refractivity contribution >= 4 is 26.8 Å². The molecule has 4 heterocycles. The number of hydrogen-bond donors (Lipinski definition) is 0. The van der Waals surface area contributed by atoms with Crippen molar-refractivity contribution in [1.82, 2.24) is 19.7 Å². The van der Waals surface area contributed by atoms with E-state index < -0.39 is 9.84 Å². The quantitative estimate of drug-likeness (QED) is 0.535. The summed E-state index contributed by atoms with van der Waals surface area (Å²) in [6.45, 7) is 9.87. The van der Waals surface area contributed by atoms with E-state index in [1.54, 1.807) is 4.68 Å². The van der Waals surface area contributed by atoms with E-state index >= 15 is 0 Å². The summed E-state index contributed by atoms with van der Waals surface area (Å²) in [6, 6.07) is 9.89. The Kier molecular flexibility index (Phi) is 6.20. The summed E-state index contributed by atoms with van der Waals surface area (Å²) < 4.78 is 26.2. The summed E-state index contributed by atoms with van der Waals surface area (Å²) in [7, 11) is -3.09. The standard InChI is InChI=1S/C27H34N4O3S/c1-5-20-6-8-21(9-7-20)24-13-23(27(32)30-14-17(2)12-18(3)15-30)25-19(4)29-31(26(25)28-24)22-10-11-35(33,34)16-22/h6-9,13,17-18,22H,5,10-12,14-16H2,1-4H3. The predicted octanol–water partition coefficient (Wildman–Crippen LogP) is 4.45. The van der Waals surface area contributed by atoms with Crippen molar-refractivity contribution in [1.29, 1.82) is 0 Å². The molecule has 3 atom stereocenters. The number of fused-ring (bicyclic) bond motifs is 1. The Balaban J connectivity index is 1.67. The first-order valence-electron chi connectivity index (χ1n) is 12.6. The average Bonchev–Trinajstić information content (AvgIpc) is 3.36. The van der Waals surface area contributed by atoms with E-state index in [9.17, 15) is 13.2 Å². The van der Waals surface area contributed by atoms with Crippen molar-refractivity contribution in [3.8, 4) is 11.3 Å². The van der Waals surface area contributed by atoms with Crippen LogP contribution in [0.15, 0.2) is 30.3 Å². The van der Waals surface area contributed by atoms with Gasteiger partial charge in [-0.05, 0) is 49.7 Å². The molecular formula is C27H34N4O3S.